The molecule has 0 aliphatic carbocycles. The monoisotopic (exact) mass is 338 g/mol. The van der Waals surface area contributed by atoms with Gasteiger partial charge in [0, 0.05) is 19.2 Å². The first kappa shape index (κ1) is 15.3. The van der Waals surface area contributed by atoms with Crippen LogP contribution < -0.4 is 9.64 Å². The molecule has 0 unspecified atom stereocenters. The molecule has 2 aliphatic rings. The molecule has 0 aromatic carbocycles. The van der Waals surface area contributed by atoms with Crippen LogP contribution in [0.4, 0.5) is 19.0 Å². The van der Waals surface area contributed by atoms with Crippen molar-refractivity contribution in [2.75, 3.05) is 18.1 Å². The first-order valence-electron chi connectivity index (χ1n) is 6.53. The van der Waals surface area contributed by atoms with Gasteiger partial charge in [-0.2, -0.15) is 21.6 Å². The van der Waals surface area contributed by atoms with Gasteiger partial charge < -0.3 is 9.64 Å². The molecular formula is C12H13F3N2O4S. The highest BCUT2D eigenvalue weighted by Gasteiger charge is 2.50. The molecule has 3 heterocycles. The average molecular weight is 338 g/mol. The van der Waals surface area contributed by atoms with E-state index in [-0.39, 0.29) is 25.6 Å². The highest BCUT2D eigenvalue weighted by molar-refractivity contribution is 7.87. The SMILES string of the molecule is Cc1ccnc2c1OC[C@@H]1C[C@@H](OS(=O)(=O)C(F)(F)F)CN21. The zero-order valence-corrected chi connectivity index (χ0v) is 12.3. The number of anilines is 1. The molecule has 0 radical (unpaired) electrons. The van der Waals surface area contributed by atoms with Gasteiger partial charge in [-0.1, -0.05) is 0 Å². The molecule has 1 aromatic rings. The van der Waals surface area contributed by atoms with Crippen molar-refractivity contribution in [3.05, 3.63) is 17.8 Å². The van der Waals surface area contributed by atoms with E-state index in [9.17, 15) is 21.6 Å². The summed E-state index contributed by atoms with van der Waals surface area (Å²) in [7, 11) is -5.60. The highest BCUT2D eigenvalue weighted by Crippen LogP contribution is 2.39. The lowest BCUT2D eigenvalue weighted by atomic mass is 10.1. The van der Waals surface area contributed by atoms with Crippen molar-refractivity contribution >= 4 is 15.9 Å². The van der Waals surface area contributed by atoms with Gasteiger partial charge in [-0.05, 0) is 18.6 Å². The number of alkyl halides is 3. The van der Waals surface area contributed by atoms with Crippen molar-refractivity contribution in [1.29, 1.82) is 0 Å². The first-order valence-corrected chi connectivity index (χ1v) is 7.94. The van der Waals surface area contributed by atoms with E-state index in [1.165, 1.54) is 0 Å². The Hall–Kier alpha value is -1.55. The van der Waals surface area contributed by atoms with Crippen LogP contribution in [0.1, 0.15) is 12.0 Å². The third kappa shape index (κ3) is 2.50. The van der Waals surface area contributed by atoms with Crippen LogP contribution in [0.3, 0.4) is 0 Å². The zero-order chi connectivity index (χ0) is 16.1. The molecule has 22 heavy (non-hydrogen) atoms. The van der Waals surface area contributed by atoms with Crippen LogP contribution in [0, 0.1) is 6.92 Å². The van der Waals surface area contributed by atoms with Crippen molar-refractivity contribution in [2.24, 2.45) is 0 Å². The highest BCUT2D eigenvalue weighted by atomic mass is 32.2. The lowest BCUT2D eigenvalue weighted by Gasteiger charge is -2.32. The van der Waals surface area contributed by atoms with Gasteiger partial charge in [-0.25, -0.2) is 4.98 Å². The molecule has 0 spiro atoms. The summed E-state index contributed by atoms with van der Waals surface area (Å²) < 4.78 is 69.3. The molecule has 0 saturated carbocycles. The van der Waals surface area contributed by atoms with Gasteiger partial charge in [-0.15, -0.1) is 0 Å². The predicted octanol–water partition coefficient (Wildman–Crippen LogP) is 1.60. The summed E-state index contributed by atoms with van der Waals surface area (Å²) in [5.74, 6) is 1.07. The van der Waals surface area contributed by atoms with Crippen molar-refractivity contribution in [1.82, 2.24) is 4.98 Å². The Morgan fingerprint density at radius 1 is 1.45 bits per heavy atom. The summed E-state index contributed by atoms with van der Waals surface area (Å²) in [4.78, 5) is 5.91. The van der Waals surface area contributed by atoms with E-state index in [4.69, 9.17) is 4.74 Å². The second kappa shape index (κ2) is 4.98. The number of halogens is 3. The van der Waals surface area contributed by atoms with Gasteiger partial charge in [0.2, 0.25) is 0 Å². The van der Waals surface area contributed by atoms with Crippen molar-refractivity contribution in [3.8, 4) is 5.75 Å². The normalized spacial score (nSPS) is 24.6. The Morgan fingerprint density at radius 2 is 2.18 bits per heavy atom. The molecule has 0 bridgehead atoms. The van der Waals surface area contributed by atoms with Crippen LogP contribution >= 0.6 is 0 Å². The largest absolute Gasteiger partial charge is 0.523 e. The maximum atomic E-state index is 12.4. The van der Waals surface area contributed by atoms with Gasteiger partial charge in [0.25, 0.3) is 0 Å². The van der Waals surface area contributed by atoms with E-state index < -0.39 is 21.7 Å². The van der Waals surface area contributed by atoms with Crippen LogP contribution in [0.5, 0.6) is 5.75 Å². The van der Waals surface area contributed by atoms with E-state index in [1.807, 2.05) is 6.92 Å². The summed E-state index contributed by atoms with van der Waals surface area (Å²) in [6.45, 7) is 2.11. The Labute approximate surface area is 125 Å². The van der Waals surface area contributed by atoms with E-state index in [1.54, 1.807) is 17.2 Å². The Bertz CT molecular complexity index is 692. The molecule has 1 saturated heterocycles. The third-order valence-corrected chi connectivity index (χ3v) is 4.79. The van der Waals surface area contributed by atoms with Crippen LogP contribution in [0.2, 0.25) is 0 Å². The molecule has 2 aliphatic heterocycles. The first-order chi connectivity index (χ1) is 10.2. The lowest BCUT2D eigenvalue weighted by molar-refractivity contribution is -0.0567. The summed E-state index contributed by atoms with van der Waals surface area (Å²) in [6, 6.07) is 1.51. The fraction of sp³-hybridized carbons (Fsp3) is 0.583. The summed E-state index contributed by atoms with van der Waals surface area (Å²) in [5.41, 5.74) is -4.56. The number of nitrogens with zero attached hydrogens (tertiary/aromatic N) is 2. The van der Waals surface area contributed by atoms with E-state index >= 15 is 0 Å². The number of aryl methyl sites for hydroxylation is 1. The van der Waals surface area contributed by atoms with Crippen LogP contribution in [-0.4, -0.2) is 44.2 Å². The average Bonchev–Trinajstić information content (AvgIpc) is 2.79. The number of pyridine rings is 1. The topological polar surface area (TPSA) is 68.7 Å². The van der Waals surface area contributed by atoms with E-state index in [0.29, 0.717) is 11.6 Å². The third-order valence-electron chi connectivity index (χ3n) is 3.70. The standard InChI is InChI=1S/C12H13F3N2O4S/c1-7-2-3-16-11-10(7)20-6-8-4-9(5-17(8)11)21-22(18,19)12(13,14)15/h2-3,8-9H,4-6H2,1H3/t8-,9+/m0/s1. The van der Waals surface area contributed by atoms with Crippen molar-refractivity contribution < 1.29 is 30.5 Å². The lowest BCUT2D eigenvalue weighted by Crippen LogP contribution is -2.39. The molecule has 1 fully saturated rings. The van der Waals surface area contributed by atoms with Gasteiger partial charge >= 0.3 is 15.6 Å². The fourth-order valence-electron chi connectivity index (χ4n) is 2.69. The summed E-state index contributed by atoms with van der Waals surface area (Å²) in [6.07, 6.45) is 0.624. The van der Waals surface area contributed by atoms with Crippen molar-refractivity contribution in [2.45, 2.75) is 31.0 Å². The fourth-order valence-corrected chi connectivity index (χ4v) is 3.29. The zero-order valence-electron chi connectivity index (χ0n) is 11.5. The van der Waals surface area contributed by atoms with E-state index in [2.05, 4.69) is 9.17 Å². The number of hydrogen-bond acceptors (Lipinski definition) is 6. The van der Waals surface area contributed by atoms with Gasteiger partial charge in [0.05, 0.1) is 12.1 Å². The maximum Gasteiger partial charge on any atom is 0.523 e. The second-order valence-corrected chi connectivity index (χ2v) is 6.82. The molecule has 2 atom stereocenters. The second-order valence-electron chi connectivity index (χ2n) is 5.25. The molecule has 0 amide bonds. The molecular weight excluding hydrogens is 325 g/mol. The number of rotatable bonds is 2. The van der Waals surface area contributed by atoms with Gasteiger partial charge in [0.15, 0.2) is 11.6 Å². The number of fused-ring (bicyclic) bond motifs is 3. The molecule has 6 nitrogen and oxygen atoms in total. The Kier molecular flexibility index (Phi) is 3.48. The molecule has 10 heteroatoms. The Morgan fingerprint density at radius 3 is 2.86 bits per heavy atom. The summed E-state index contributed by atoms with van der Waals surface area (Å²) in [5, 5.41) is 0. The summed E-state index contributed by atoms with van der Waals surface area (Å²) >= 11 is 0. The molecule has 3 rings (SSSR count). The van der Waals surface area contributed by atoms with Gasteiger partial charge in [-0.3, -0.25) is 4.18 Å². The molecule has 0 N–H and O–H groups in total. The molecule has 122 valence electrons. The smallest absolute Gasteiger partial charge is 0.487 e. The quantitative estimate of drug-likeness (QED) is 0.603. The van der Waals surface area contributed by atoms with Crippen molar-refractivity contribution in [3.63, 3.8) is 0 Å². The minimum Gasteiger partial charge on any atom is -0.487 e. The van der Waals surface area contributed by atoms with Crippen LogP contribution in [0.15, 0.2) is 12.3 Å². The minimum absolute atomic E-state index is 0.0206. The Balaban J connectivity index is 1.81. The number of aromatic nitrogens is 1. The van der Waals surface area contributed by atoms with Crippen LogP contribution in [0.25, 0.3) is 0 Å². The van der Waals surface area contributed by atoms with Gasteiger partial charge in [0.1, 0.15) is 6.61 Å². The number of ether oxygens (including phenoxy) is 1. The van der Waals surface area contributed by atoms with Crippen LogP contribution in [-0.2, 0) is 14.3 Å². The van der Waals surface area contributed by atoms with E-state index in [0.717, 1.165) is 5.56 Å². The minimum atomic E-state index is -5.60. The number of hydrogen-bond donors (Lipinski definition) is 0. The maximum absolute atomic E-state index is 12.4. The molecule has 1 aromatic heterocycles. The predicted molar refractivity (Wildman–Crippen MR) is 70.1 cm³/mol.